The van der Waals surface area contributed by atoms with Crippen LogP contribution in [0.5, 0.6) is 5.75 Å². The van der Waals surface area contributed by atoms with Crippen LogP contribution in [0.4, 0.5) is 14.5 Å². The molecular formula is C29H30F2N6O4. The first-order valence-electron chi connectivity index (χ1n) is 13.0. The quantitative estimate of drug-likeness (QED) is 0.268. The molecule has 2 unspecified atom stereocenters. The van der Waals surface area contributed by atoms with Crippen LogP contribution in [0.3, 0.4) is 0 Å². The van der Waals surface area contributed by atoms with Gasteiger partial charge in [0.2, 0.25) is 5.91 Å². The molecule has 0 bridgehead atoms. The van der Waals surface area contributed by atoms with Crippen molar-refractivity contribution in [2.75, 3.05) is 31.1 Å². The Bertz CT molecular complexity index is 1460. The van der Waals surface area contributed by atoms with Gasteiger partial charge in [-0.25, -0.2) is 18.4 Å². The van der Waals surface area contributed by atoms with E-state index >= 15 is 0 Å². The fraction of sp³-hybridized carbons (Fsp3) is 0.276. The lowest BCUT2D eigenvalue weighted by Gasteiger charge is -2.44. The number of nitrogens with zero attached hydrogens (tertiary/aromatic N) is 5. The Morgan fingerprint density at radius 3 is 2.34 bits per heavy atom. The zero-order chi connectivity index (χ0) is 29.0. The number of ether oxygens (including phenoxy) is 1. The number of hydrogen-bond acceptors (Lipinski definition) is 8. The Labute approximate surface area is 235 Å². The van der Waals surface area contributed by atoms with Crippen molar-refractivity contribution in [3.8, 4) is 5.75 Å². The molecule has 1 fully saturated rings. The van der Waals surface area contributed by atoms with Gasteiger partial charge in [0.25, 0.3) is 0 Å². The van der Waals surface area contributed by atoms with E-state index in [0.717, 1.165) is 23.4 Å². The summed E-state index contributed by atoms with van der Waals surface area (Å²) in [5, 5.41) is 26.9. The molecule has 0 saturated carbocycles. The highest BCUT2D eigenvalue weighted by Crippen LogP contribution is 2.33. The molecule has 1 aromatic heterocycles. The van der Waals surface area contributed by atoms with Gasteiger partial charge < -0.3 is 25.6 Å². The topological polar surface area (TPSA) is 130 Å². The Kier molecular flexibility index (Phi) is 8.24. The lowest BCUT2D eigenvalue weighted by atomic mass is 9.90. The molecule has 2 atom stereocenters. The zero-order valence-electron chi connectivity index (χ0n) is 22.1. The summed E-state index contributed by atoms with van der Waals surface area (Å²) in [7, 11) is 0. The summed E-state index contributed by atoms with van der Waals surface area (Å²) in [6, 6.07) is 17.4. The molecule has 1 aliphatic heterocycles. The third-order valence-corrected chi connectivity index (χ3v) is 7.20. The molecule has 2 heterocycles. The number of amides is 1. The molecule has 4 aromatic rings. The number of nitrogens with two attached hydrogens (primary N) is 1. The lowest BCUT2D eigenvalue weighted by molar-refractivity contribution is -0.166. The summed E-state index contributed by atoms with van der Waals surface area (Å²) in [6.45, 7) is 1.88. The van der Waals surface area contributed by atoms with Crippen LogP contribution < -0.4 is 15.4 Å². The monoisotopic (exact) mass is 564 g/mol. The molecule has 41 heavy (non-hydrogen) atoms. The first-order valence-corrected chi connectivity index (χ1v) is 13.0. The molecule has 0 radical (unpaired) electrons. The maximum absolute atomic E-state index is 14.8. The molecule has 0 spiro atoms. The fourth-order valence-electron chi connectivity index (χ4n) is 4.92. The predicted octanol–water partition coefficient (Wildman–Crippen LogP) is 2.26. The van der Waals surface area contributed by atoms with E-state index in [4.69, 9.17) is 10.5 Å². The SMILES string of the molecule is NC(=O)c1ccc(COc2ccc(N3CCN(C(O)C(O)(Cn4cncn4)c4ccc(F)cc4F)CC3)cc2)cc1. The van der Waals surface area contributed by atoms with Gasteiger partial charge in [0.1, 0.15) is 42.9 Å². The number of aliphatic hydroxyl groups is 2. The van der Waals surface area contributed by atoms with E-state index in [1.807, 2.05) is 24.3 Å². The molecule has 10 nitrogen and oxygen atoms in total. The highest BCUT2D eigenvalue weighted by Gasteiger charge is 2.44. The van der Waals surface area contributed by atoms with Crippen molar-refractivity contribution < 1.29 is 28.5 Å². The lowest BCUT2D eigenvalue weighted by Crippen LogP contribution is -2.58. The fourth-order valence-corrected chi connectivity index (χ4v) is 4.92. The van der Waals surface area contributed by atoms with Crippen molar-refractivity contribution in [1.82, 2.24) is 19.7 Å². The molecule has 12 heteroatoms. The predicted molar refractivity (Wildman–Crippen MR) is 146 cm³/mol. The van der Waals surface area contributed by atoms with E-state index in [1.54, 1.807) is 29.2 Å². The van der Waals surface area contributed by atoms with Crippen LogP contribution in [0.25, 0.3) is 0 Å². The van der Waals surface area contributed by atoms with E-state index < -0.39 is 29.4 Å². The number of primary amides is 1. The number of benzene rings is 3. The molecule has 3 aromatic carbocycles. The first-order chi connectivity index (χ1) is 19.7. The van der Waals surface area contributed by atoms with Crippen molar-refractivity contribution in [1.29, 1.82) is 0 Å². The Morgan fingerprint density at radius 1 is 1.02 bits per heavy atom. The van der Waals surface area contributed by atoms with Crippen molar-refractivity contribution in [3.05, 3.63) is 108 Å². The van der Waals surface area contributed by atoms with Crippen LogP contribution in [0, 0.1) is 11.6 Å². The van der Waals surface area contributed by atoms with E-state index in [0.29, 0.717) is 50.2 Å². The average Bonchev–Trinajstić information content (AvgIpc) is 3.49. The summed E-state index contributed by atoms with van der Waals surface area (Å²) < 4.78 is 35.6. The van der Waals surface area contributed by atoms with Gasteiger partial charge in [-0.05, 0) is 48.0 Å². The van der Waals surface area contributed by atoms with Gasteiger partial charge in [0.05, 0.1) is 6.54 Å². The van der Waals surface area contributed by atoms with E-state index in [-0.39, 0.29) is 12.1 Å². The number of rotatable bonds is 10. The number of piperazine rings is 1. The smallest absolute Gasteiger partial charge is 0.248 e. The molecular weight excluding hydrogens is 534 g/mol. The van der Waals surface area contributed by atoms with E-state index in [2.05, 4.69) is 15.0 Å². The number of carbonyl (C=O) groups is 1. The Balaban J connectivity index is 1.21. The number of anilines is 1. The molecule has 1 aliphatic rings. The normalized spacial score (nSPS) is 16.2. The summed E-state index contributed by atoms with van der Waals surface area (Å²) in [6.07, 6.45) is 1.12. The number of hydrogen-bond donors (Lipinski definition) is 3. The molecule has 1 saturated heterocycles. The Hall–Kier alpha value is -4.39. The molecule has 214 valence electrons. The highest BCUT2D eigenvalue weighted by atomic mass is 19.1. The van der Waals surface area contributed by atoms with Crippen LogP contribution in [-0.2, 0) is 18.8 Å². The summed E-state index contributed by atoms with van der Waals surface area (Å²) in [5.74, 6) is -1.54. The van der Waals surface area contributed by atoms with Crippen molar-refractivity contribution >= 4 is 11.6 Å². The summed E-state index contributed by atoms with van der Waals surface area (Å²) >= 11 is 0. The van der Waals surface area contributed by atoms with Gasteiger partial charge in [-0.1, -0.05) is 18.2 Å². The van der Waals surface area contributed by atoms with Gasteiger partial charge in [-0.2, -0.15) is 5.10 Å². The number of carbonyl (C=O) groups excluding carboxylic acids is 1. The second-order valence-electron chi connectivity index (χ2n) is 9.88. The second kappa shape index (κ2) is 12.0. The van der Waals surface area contributed by atoms with Crippen LogP contribution in [-0.4, -0.2) is 68.2 Å². The van der Waals surface area contributed by atoms with Gasteiger partial charge in [0.15, 0.2) is 5.60 Å². The summed E-state index contributed by atoms with van der Waals surface area (Å²) in [4.78, 5) is 18.9. The standard InChI is InChI=1S/C29H30F2N6O4/c30-22-5-10-25(26(31)15-22)29(40,17-37-19-33-18-34-37)28(39)36-13-11-35(12-14-36)23-6-8-24(9-7-23)41-16-20-1-3-21(4-2-20)27(32)38/h1-10,15,18-19,28,39-40H,11-14,16-17H2,(H2,32,38). The zero-order valence-corrected chi connectivity index (χ0v) is 22.1. The molecule has 0 aliphatic carbocycles. The van der Waals surface area contributed by atoms with Crippen LogP contribution in [0.2, 0.25) is 0 Å². The van der Waals surface area contributed by atoms with Gasteiger partial charge >= 0.3 is 0 Å². The first kappa shape index (κ1) is 28.1. The van der Waals surface area contributed by atoms with Crippen molar-refractivity contribution in [2.45, 2.75) is 25.0 Å². The Morgan fingerprint density at radius 2 is 1.73 bits per heavy atom. The van der Waals surface area contributed by atoms with E-state index in [9.17, 15) is 23.8 Å². The third-order valence-electron chi connectivity index (χ3n) is 7.20. The minimum absolute atomic E-state index is 0.233. The highest BCUT2D eigenvalue weighted by molar-refractivity contribution is 5.92. The van der Waals surface area contributed by atoms with Crippen molar-refractivity contribution in [3.63, 3.8) is 0 Å². The molecule has 4 N–H and O–H groups in total. The minimum Gasteiger partial charge on any atom is -0.489 e. The minimum atomic E-state index is -2.12. The maximum atomic E-state index is 14.8. The molecule has 1 amide bonds. The van der Waals surface area contributed by atoms with Gasteiger partial charge in [-0.3, -0.25) is 9.69 Å². The maximum Gasteiger partial charge on any atom is 0.248 e. The third kappa shape index (κ3) is 6.35. The number of halogens is 2. The van der Waals surface area contributed by atoms with Crippen LogP contribution in [0.1, 0.15) is 21.5 Å². The summed E-state index contributed by atoms with van der Waals surface area (Å²) in [5.41, 5.74) is 5.22. The van der Waals surface area contributed by atoms with Gasteiger partial charge in [0, 0.05) is 49.1 Å². The van der Waals surface area contributed by atoms with Crippen molar-refractivity contribution in [2.24, 2.45) is 5.73 Å². The molecule has 5 rings (SSSR count). The van der Waals surface area contributed by atoms with E-state index in [1.165, 1.54) is 17.3 Å². The largest absolute Gasteiger partial charge is 0.489 e. The van der Waals surface area contributed by atoms with Crippen LogP contribution >= 0.6 is 0 Å². The second-order valence-corrected chi connectivity index (χ2v) is 9.88. The average molecular weight is 565 g/mol. The number of aromatic nitrogens is 3. The number of aliphatic hydroxyl groups excluding tert-OH is 1. The van der Waals surface area contributed by atoms with Crippen LogP contribution in [0.15, 0.2) is 79.4 Å². The van der Waals surface area contributed by atoms with Gasteiger partial charge in [-0.15, -0.1) is 0 Å².